The molecule has 25 atom stereocenters. The minimum absolute atomic E-state index is 0.784. The number of ether oxygens (including phenoxy) is 9. The van der Waals surface area contributed by atoms with Gasteiger partial charge in [-0.25, -0.2) is 0 Å². The van der Waals surface area contributed by atoms with E-state index in [1.807, 2.05) is 0 Å². The molecule has 5 aliphatic rings. The Labute approximate surface area is 316 Å². The summed E-state index contributed by atoms with van der Waals surface area (Å²) >= 11 is 0. The highest BCUT2D eigenvalue weighted by atomic mass is 16.8. The second-order valence-electron chi connectivity index (χ2n) is 14.0. The van der Waals surface area contributed by atoms with Gasteiger partial charge < -0.3 is 129 Å². The summed E-state index contributed by atoms with van der Waals surface area (Å²) in [5.41, 5.74) is 0. The van der Waals surface area contributed by atoms with Crippen LogP contribution in [0.5, 0.6) is 0 Å². The van der Waals surface area contributed by atoms with Gasteiger partial charge in [0.05, 0.1) is 33.0 Å². The Morgan fingerprint density at radius 1 is 0.304 bits per heavy atom. The van der Waals surface area contributed by atoms with Gasteiger partial charge in [-0.05, 0) is 0 Å². The van der Waals surface area contributed by atoms with Crippen molar-refractivity contribution in [1.29, 1.82) is 0 Å². The van der Waals surface area contributed by atoms with Gasteiger partial charge in [0.1, 0.15) is 122 Å². The van der Waals surface area contributed by atoms with Crippen LogP contribution in [-0.4, -0.2) is 273 Å². The third kappa shape index (κ3) is 9.46. The van der Waals surface area contributed by atoms with E-state index in [1.165, 1.54) is 0 Å². The fourth-order valence-corrected chi connectivity index (χ4v) is 6.81. The molecule has 0 aliphatic carbocycles. The van der Waals surface area contributed by atoms with Crippen LogP contribution in [0.15, 0.2) is 0 Å². The van der Waals surface area contributed by atoms with E-state index in [9.17, 15) is 86.8 Å². The normalized spacial score (nSPS) is 53.2. The molecule has 0 aromatic rings. The molecule has 0 spiro atoms. The van der Waals surface area contributed by atoms with E-state index in [0.717, 1.165) is 0 Å². The Balaban J connectivity index is 1.32. The lowest BCUT2D eigenvalue weighted by atomic mass is 9.96. The van der Waals surface area contributed by atoms with E-state index < -0.39 is 187 Å². The van der Waals surface area contributed by atoms with Crippen molar-refractivity contribution < 1.29 is 129 Å². The van der Waals surface area contributed by atoms with Crippen molar-refractivity contribution in [2.24, 2.45) is 0 Å². The molecule has 0 radical (unpaired) electrons. The molecule has 328 valence electrons. The van der Waals surface area contributed by atoms with Gasteiger partial charge in [-0.3, -0.25) is 0 Å². The highest BCUT2D eigenvalue weighted by Crippen LogP contribution is 2.33. The number of rotatable bonds is 13. The fourth-order valence-electron chi connectivity index (χ4n) is 6.81. The molecule has 26 nitrogen and oxygen atoms in total. The predicted molar refractivity (Wildman–Crippen MR) is 167 cm³/mol. The molecule has 5 fully saturated rings. The Morgan fingerprint density at radius 3 is 1.04 bits per heavy atom. The standard InChI is InChI=1S/C30H52O26/c31-1-6-11(34)16(39)19(42)27(51-6)48-5-10-15(38)25(56-30-21(44)18(41)13(36)8(3-33)53-30)23(46)28(54-10)49-4-9-14(37)24(22(45)26(47)50-9)55-29-20(43)17(40)12(35)7(2-32)52-29/h6-47H,1-5H2/t6-,7-,8-,9-,10-,11+,12+,13+,14+,15+,16+,17+,18+,19-,20-,21-,22-,23-,24+,25+,26-,27-,28-,29+,30+/m1/s1. The van der Waals surface area contributed by atoms with Gasteiger partial charge in [0, 0.05) is 0 Å². The summed E-state index contributed by atoms with van der Waals surface area (Å²) in [7, 11) is 0. The zero-order valence-electron chi connectivity index (χ0n) is 29.2. The molecule has 0 saturated carbocycles. The van der Waals surface area contributed by atoms with Crippen LogP contribution in [0.2, 0.25) is 0 Å². The molecule has 0 unspecified atom stereocenters. The molecule has 0 amide bonds. The summed E-state index contributed by atoms with van der Waals surface area (Å²) in [6.45, 7) is -4.13. The summed E-state index contributed by atoms with van der Waals surface area (Å²) in [6, 6.07) is 0. The number of hydrogen-bond acceptors (Lipinski definition) is 26. The fraction of sp³-hybridized carbons (Fsp3) is 1.00. The average Bonchev–Trinajstić information content (AvgIpc) is 3.18. The number of aliphatic hydroxyl groups is 17. The maximum absolute atomic E-state index is 11.3. The molecule has 0 aromatic heterocycles. The van der Waals surface area contributed by atoms with Crippen LogP contribution in [-0.2, 0) is 42.6 Å². The summed E-state index contributed by atoms with van der Waals surface area (Å²) in [5.74, 6) is 0. The van der Waals surface area contributed by atoms with Crippen molar-refractivity contribution in [3.05, 3.63) is 0 Å². The van der Waals surface area contributed by atoms with Crippen LogP contribution in [0.3, 0.4) is 0 Å². The van der Waals surface area contributed by atoms with Crippen molar-refractivity contribution in [1.82, 2.24) is 0 Å². The second-order valence-corrected chi connectivity index (χ2v) is 14.0. The van der Waals surface area contributed by atoms with Crippen molar-refractivity contribution in [3.8, 4) is 0 Å². The maximum atomic E-state index is 11.3. The topological polar surface area (TPSA) is 427 Å². The SMILES string of the molecule is OC[C@H]1O[C@@H](OC[C@H]2O[C@@H](OC[C@H]3O[C@@H](O)[C@H](O)[C@@H](O[C@@H]4O[C@H](CO)[C@H](O)[C@H](O)[C@H]4O)[C@H]3O)[C@H](O)[C@@H](O[C@@H]3O[C@H](CO)[C@H](O)[C@H](O)[C@H]3O)[C@H]2O)[C@H](O)[C@@H](O)[C@H]1O. The van der Waals surface area contributed by atoms with Gasteiger partial charge >= 0.3 is 0 Å². The average molecular weight is 829 g/mol. The minimum Gasteiger partial charge on any atom is -0.394 e. The summed E-state index contributed by atoms with van der Waals surface area (Å²) in [6.07, 6.45) is -45.9. The van der Waals surface area contributed by atoms with E-state index in [-0.39, 0.29) is 0 Å². The smallest absolute Gasteiger partial charge is 0.187 e. The van der Waals surface area contributed by atoms with Gasteiger partial charge in [-0.2, -0.15) is 0 Å². The first-order chi connectivity index (χ1) is 26.4. The maximum Gasteiger partial charge on any atom is 0.187 e. The summed E-state index contributed by atoms with van der Waals surface area (Å²) in [5, 5.41) is 175. The molecule has 5 rings (SSSR count). The lowest BCUT2D eigenvalue weighted by molar-refractivity contribution is -0.375. The lowest BCUT2D eigenvalue weighted by Gasteiger charge is -2.47. The number of hydrogen-bond donors (Lipinski definition) is 17. The van der Waals surface area contributed by atoms with Crippen molar-refractivity contribution >= 4 is 0 Å². The first kappa shape index (κ1) is 46.0. The van der Waals surface area contributed by atoms with Gasteiger partial charge in [-0.1, -0.05) is 0 Å². The van der Waals surface area contributed by atoms with Crippen molar-refractivity contribution in [2.45, 2.75) is 154 Å². The largest absolute Gasteiger partial charge is 0.394 e. The monoisotopic (exact) mass is 828 g/mol. The number of aliphatic hydroxyl groups excluding tert-OH is 17. The van der Waals surface area contributed by atoms with Crippen LogP contribution in [0.4, 0.5) is 0 Å². The van der Waals surface area contributed by atoms with Crippen LogP contribution >= 0.6 is 0 Å². The highest BCUT2D eigenvalue weighted by Gasteiger charge is 2.54. The first-order valence-electron chi connectivity index (χ1n) is 17.6. The molecular weight excluding hydrogens is 776 g/mol. The summed E-state index contributed by atoms with van der Waals surface area (Å²) < 4.78 is 49.0. The van der Waals surface area contributed by atoms with Gasteiger partial charge in [-0.15, -0.1) is 0 Å². The second kappa shape index (κ2) is 19.6. The van der Waals surface area contributed by atoms with Crippen molar-refractivity contribution in [2.75, 3.05) is 33.0 Å². The summed E-state index contributed by atoms with van der Waals surface area (Å²) in [4.78, 5) is 0. The van der Waals surface area contributed by atoms with E-state index in [0.29, 0.717) is 0 Å². The van der Waals surface area contributed by atoms with Crippen molar-refractivity contribution in [3.63, 3.8) is 0 Å². The van der Waals surface area contributed by atoms with Gasteiger partial charge in [0.25, 0.3) is 0 Å². The Kier molecular flexibility index (Phi) is 16.1. The minimum atomic E-state index is -2.11. The molecule has 26 heteroatoms. The molecule has 56 heavy (non-hydrogen) atoms. The molecular formula is C30H52O26. The Hall–Kier alpha value is -1.04. The van der Waals surface area contributed by atoms with E-state index >= 15 is 0 Å². The molecule has 5 saturated heterocycles. The predicted octanol–water partition coefficient (Wildman–Crippen LogP) is -11.9. The lowest BCUT2D eigenvalue weighted by Crippen LogP contribution is -2.66. The van der Waals surface area contributed by atoms with E-state index in [4.69, 9.17) is 42.6 Å². The highest BCUT2D eigenvalue weighted by molar-refractivity contribution is 4.97. The van der Waals surface area contributed by atoms with Gasteiger partial charge in [0.2, 0.25) is 0 Å². The molecule has 17 N–H and O–H groups in total. The van der Waals surface area contributed by atoms with E-state index in [1.54, 1.807) is 0 Å². The zero-order chi connectivity index (χ0) is 41.3. The Morgan fingerprint density at radius 2 is 0.625 bits per heavy atom. The molecule has 0 bridgehead atoms. The van der Waals surface area contributed by atoms with E-state index in [2.05, 4.69) is 0 Å². The molecule has 5 aliphatic heterocycles. The van der Waals surface area contributed by atoms with Crippen LogP contribution in [0, 0.1) is 0 Å². The van der Waals surface area contributed by atoms with Crippen LogP contribution in [0.25, 0.3) is 0 Å². The van der Waals surface area contributed by atoms with Crippen LogP contribution in [0.1, 0.15) is 0 Å². The molecule has 0 aromatic carbocycles. The first-order valence-corrected chi connectivity index (χ1v) is 17.6. The van der Waals surface area contributed by atoms with Crippen LogP contribution < -0.4 is 0 Å². The third-order valence-corrected chi connectivity index (χ3v) is 10.3. The zero-order valence-corrected chi connectivity index (χ0v) is 29.2. The Bertz CT molecular complexity index is 1200. The third-order valence-electron chi connectivity index (χ3n) is 10.3. The molecule has 5 heterocycles. The quantitative estimate of drug-likeness (QED) is 0.0819. The van der Waals surface area contributed by atoms with Gasteiger partial charge in [0.15, 0.2) is 31.5 Å².